The van der Waals surface area contributed by atoms with E-state index >= 15 is 0 Å². The third kappa shape index (κ3) is 6.65. The van der Waals surface area contributed by atoms with Gasteiger partial charge in [0.1, 0.15) is 0 Å². The number of ether oxygens (including phenoxy) is 1. The van der Waals surface area contributed by atoms with Crippen molar-refractivity contribution in [2.45, 2.75) is 29.2 Å². The maximum absolute atomic E-state index is 13.1. The monoisotopic (exact) mass is 487 g/mol. The largest absolute Gasteiger partial charge is 0.462 e. The molecule has 0 amide bonds. The molecule has 0 bridgehead atoms. The average molecular weight is 488 g/mol. The highest BCUT2D eigenvalue weighted by molar-refractivity contribution is 7.91. The molecular formula is C25H26ClNO5S. The Morgan fingerprint density at radius 1 is 1.03 bits per heavy atom. The third-order valence-electron chi connectivity index (χ3n) is 5.03. The quantitative estimate of drug-likeness (QED) is 0.328. The molecule has 33 heavy (non-hydrogen) atoms. The lowest BCUT2D eigenvalue weighted by molar-refractivity contribution is 0.0526. The second-order valence-electron chi connectivity index (χ2n) is 7.42. The Labute approximate surface area is 199 Å². The van der Waals surface area contributed by atoms with Gasteiger partial charge in [-0.25, -0.2) is 13.2 Å². The van der Waals surface area contributed by atoms with Crippen LogP contribution in [0.5, 0.6) is 0 Å². The van der Waals surface area contributed by atoms with E-state index in [9.17, 15) is 18.3 Å². The Morgan fingerprint density at radius 3 is 2.45 bits per heavy atom. The molecule has 3 rings (SSSR count). The molecule has 0 saturated heterocycles. The third-order valence-corrected chi connectivity index (χ3v) is 7.01. The molecule has 6 nitrogen and oxygen atoms in total. The number of benzene rings is 3. The number of sulfone groups is 1. The summed E-state index contributed by atoms with van der Waals surface area (Å²) in [7, 11) is -3.80. The van der Waals surface area contributed by atoms with E-state index in [-0.39, 0.29) is 22.0 Å². The number of carbonyl (C=O) groups excluding carboxylic acids is 1. The van der Waals surface area contributed by atoms with Crippen LogP contribution in [0.25, 0.3) is 0 Å². The van der Waals surface area contributed by atoms with Crippen LogP contribution in [0, 0.1) is 0 Å². The van der Waals surface area contributed by atoms with Crippen molar-refractivity contribution < 1.29 is 23.1 Å². The van der Waals surface area contributed by atoms with Crippen molar-refractivity contribution in [3.63, 3.8) is 0 Å². The molecule has 0 unspecified atom stereocenters. The molecule has 0 heterocycles. The maximum Gasteiger partial charge on any atom is 0.338 e. The molecule has 2 N–H and O–H groups in total. The number of hydrogen-bond donors (Lipinski definition) is 2. The van der Waals surface area contributed by atoms with Crippen molar-refractivity contribution in [3.05, 3.63) is 94.5 Å². The van der Waals surface area contributed by atoms with Gasteiger partial charge in [-0.1, -0.05) is 41.9 Å². The fourth-order valence-electron chi connectivity index (χ4n) is 3.31. The van der Waals surface area contributed by atoms with E-state index in [1.807, 2.05) is 12.1 Å². The minimum absolute atomic E-state index is 0.0352. The number of halogens is 1. The number of aliphatic hydroxyl groups is 1. The summed E-state index contributed by atoms with van der Waals surface area (Å²) in [6.45, 7) is 2.80. The fourth-order valence-corrected chi connectivity index (χ4v) is 4.89. The number of rotatable bonds is 10. The zero-order valence-corrected chi connectivity index (χ0v) is 19.8. The Balaban J connectivity index is 1.64. The van der Waals surface area contributed by atoms with Gasteiger partial charge in [0.15, 0.2) is 0 Å². The second kappa shape index (κ2) is 11.4. The van der Waals surface area contributed by atoms with Gasteiger partial charge in [0.2, 0.25) is 9.84 Å². The minimum Gasteiger partial charge on any atom is -0.462 e. The second-order valence-corrected chi connectivity index (χ2v) is 9.81. The first-order chi connectivity index (χ1) is 15.8. The standard InChI is InChI=1S/C25H26ClNO5S/c1-2-32-25(29)20-8-5-11-23(16-20)33(30,31)22-10-3-6-18(14-22)12-13-27-17-24(28)19-7-4-9-21(26)15-19/h3-11,14-16,24,27-28H,2,12-13,17H2,1H3/t24-/m0/s1. The fraction of sp³-hybridized carbons (Fsp3) is 0.240. The van der Waals surface area contributed by atoms with Crippen molar-refractivity contribution in [3.8, 4) is 0 Å². The summed E-state index contributed by atoms with van der Waals surface area (Å²) in [6.07, 6.45) is -0.115. The predicted octanol–water partition coefficient (Wildman–Crippen LogP) is 4.22. The highest BCUT2D eigenvalue weighted by atomic mass is 35.5. The van der Waals surface area contributed by atoms with Crippen molar-refractivity contribution in [1.82, 2.24) is 5.32 Å². The van der Waals surface area contributed by atoms with E-state index in [0.29, 0.717) is 24.5 Å². The van der Waals surface area contributed by atoms with E-state index in [1.54, 1.807) is 37.3 Å². The van der Waals surface area contributed by atoms with E-state index in [4.69, 9.17) is 16.3 Å². The van der Waals surface area contributed by atoms with Crippen LogP contribution in [-0.2, 0) is 21.0 Å². The molecule has 0 radical (unpaired) electrons. The minimum atomic E-state index is -3.80. The van der Waals surface area contributed by atoms with Crippen LogP contribution in [0.1, 0.15) is 34.5 Å². The van der Waals surface area contributed by atoms with Gasteiger partial charge >= 0.3 is 5.97 Å². The Bertz CT molecular complexity index is 1210. The Morgan fingerprint density at radius 2 is 1.73 bits per heavy atom. The zero-order chi connectivity index (χ0) is 23.8. The SMILES string of the molecule is CCOC(=O)c1cccc(S(=O)(=O)c2cccc(CCNC[C@H](O)c3cccc(Cl)c3)c2)c1. The average Bonchev–Trinajstić information content (AvgIpc) is 2.82. The van der Waals surface area contributed by atoms with E-state index in [0.717, 1.165) is 11.1 Å². The summed E-state index contributed by atoms with van der Waals surface area (Å²) in [5.41, 5.74) is 1.76. The lowest BCUT2D eigenvalue weighted by Crippen LogP contribution is -2.23. The normalized spacial score (nSPS) is 12.3. The van der Waals surface area contributed by atoms with Gasteiger partial charge in [0, 0.05) is 11.6 Å². The van der Waals surface area contributed by atoms with Gasteiger partial charge < -0.3 is 15.2 Å². The van der Waals surface area contributed by atoms with Crippen LogP contribution in [0.2, 0.25) is 5.02 Å². The molecule has 0 fully saturated rings. The van der Waals surface area contributed by atoms with Crippen LogP contribution < -0.4 is 5.32 Å². The molecule has 0 aliphatic heterocycles. The Kier molecular flexibility index (Phi) is 8.63. The molecule has 1 atom stereocenters. The molecule has 174 valence electrons. The van der Waals surface area contributed by atoms with Gasteiger partial charge in [0.25, 0.3) is 0 Å². The van der Waals surface area contributed by atoms with Crippen LogP contribution >= 0.6 is 11.6 Å². The van der Waals surface area contributed by atoms with Crippen molar-refractivity contribution in [2.24, 2.45) is 0 Å². The predicted molar refractivity (Wildman–Crippen MR) is 127 cm³/mol. The highest BCUT2D eigenvalue weighted by Crippen LogP contribution is 2.23. The zero-order valence-electron chi connectivity index (χ0n) is 18.2. The molecule has 3 aromatic rings. The summed E-state index contributed by atoms with van der Waals surface area (Å²) in [5, 5.41) is 14.0. The molecule has 3 aromatic carbocycles. The van der Waals surface area contributed by atoms with Gasteiger partial charge in [-0.05, 0) is 73.5 Å². The number of carbonyl (C=O) groups is 1. The summed E-state index contributed by atoms with van der Waals surface area (Å²) in [6, 6.07) is 19.6. The van der Waals surface area contributed by atoms with Crippen LogP contribution in [-0.4, -0.2) is 39.2 Å². The van der Waals surface area contributed by atoms with Crippen LogP contribution in [0.4, 0.5) is 0 Å². The first-order valence-corrected chi connectivity index (χ1v) is 12.4. The number of aliphatic hydroxyl groups excluding tert-OH is 1. The van der Waals surface area contributed by atoms with Gasteiger partial charge in [-0.3, -0.25) is 0 Å². The van der Waals surface area contributed by atoms with Crippen molar-refractivity contribution in [1.29, 1.82) is 0 Å². The van der Waals surface area contributed by atoms with Crippen LogP contribution in [0.3, 0.4) is 0 Å². The van der Waals surface area contributed by atoms with Crippen molar-refractivity contribution >= 4 is 27.4 Å². The lowest BCUT2D eigenvalue weighted by Gasteiger charge is -2.13. The first kappa shape index (κ1) is 24.9. The van der Waals surface area contributed by atoms with Gasteiger partial charge in [-0.15, -0.1) is 0 Å². The summed E-state index contributed by atoms with van der Waals surface area (Å²) >= 11 is 5.96. The molecular weight excluding hydrogens is 462 g/mol. The number of nitrogens with one attached hydrogen (secondary N) is 1. The summed E-state index contributed by atoms with van der Waals surface area (Å²) in [5.74, 6) is -0.561. The molecule has 0 saturated carbocycles. The molecule has 0 spiro atoms. The number of hydrogen-bond acceptors (Lipinski definition) is 6. The van der Waals surface area contributed by atoms with Crippen molar-refractivity contribution in [2.75, 3.05) is 19.7 Å². The Hall–Kier alpha value is -2.71. The molecule has 0 aliphatic rings. The highest BCUT2D eigenvalue weighted by Gasteiger charge is 2.20. The topological polar surface area (TPSA) is 92.7 Å². The molecule has 0 aromatic heterocycles. The summed E-state index contributed by atoms with van der Waals surface area (Å²) < 4.78 is 31.2. The molecule has 8 heteroatoms. The first-order valence-electron chi connectivity index (χ1n) is 10.6. The van der Waals surface area contributed by atoms with Gasteiger partial charge in [-0.2, -0.15) is 0 Å². The van der Waals surface area contributed by atoms with E-state index in [1.165, 1.54) is 30.3 Å². The molecule has 0 aliphatic carbocycles. The van der Waals surface area contributed by atoms with Crippen LogP contribution in [0.15, 0.2) is 82.6 Å². The maximum atomic E-state index is 13.1. The summed E-state index contributed by atoms with van der Waals surface area (Å²) in [4.78, 5) is 12.2. The lowest BCUT2D eigenvalue weighted by atomic mass is 10.1. The van der Waals surface area contributed by atoms with E-state index < -0.39 is 21.9 Å². The van der Waals surface area contributed by atoms with E-state index in [2.05, 4.69) is 5.32 Å². The smallest absolute Gasteiger partial charge is 0.338 e. The number of esters is 1. The van der Waals surface area contributed by atoms with Gasteiger partial charge in [0.05, 0.1) is 28.1 Å².